The molecule has 70 valence electrons. The number of pyridine rings is 1. The summed E-state index contributed by atoms with van der Waals surface area (Å²) in [5.74, 6) is -0.469. The number of halogens is 1. The van der Waals surface area contributed by atoms with Gasteiger partial charge in [-0.1, -0.05) is 18.2 Å². The van der Waals surface area contributed by atoms with Gasteiger partial charge in [-0.05, 0) is 24.3 Å². The molecule has 0 radical (unpaired) electrons. The van der Waals surface area contributed by atoms with E-state index in [-0.39, 0.29) is 0 Å². The van der Waals surface area contributed by atoms with Gasteiger partial charge >= 0.3 is 0 Å². The van der Waals surface area contributed by atoms with E-state index in [4.69, 9.17) is 0 Å². The van der Waals surface area contributed by atoms with Crippen molar-refractivity contribution in [2.24, 2.45) is 0 Å². The zero-order valence-corrected chi connectivity index (χ0v) is 7.44. The number of hydrogen-bond donors (Lipinski definition) is 1. The van der Waals surface area contributed by atoms with Crippen LogP contribution in [0, 0.1) is 5.95 Å². The summed E-state index contributed by atoms with van der Waals surface area (Å²) in [4.78, 5) is 3.55. The molecule has 0 unspecified atom stereocenters. The summed E-state index contributed by atoms with van der Waals surface area (Å²) in [6, 6.07) is 12.6. The van der Waals surface area contributed by atoms with E-state index in [0.29, 0.717) is 0 Å². The first-order valence-electron chi connectivity index (χ1n) is 4.28. The fourth-order valence-corrected chi connectivity index (χ4v) is 1.14. The molecule has 2 nitrogen and oxygen atoms in total. The Morgan fingerprint density at radius 1 is 0.929 bits per heavy atom. The summed E-state index contributed by atoms with van der Waals surface area (Å²) in [6.45, 7) is 0. The van der Waals surface area contributed by atoms with Crippen molar-refractivity contribution in [3.63, 3.8) is 0 Å². The maximum Gasteiger partial charge on any atom is 0.212 e. The molecule has 0 atom stereocenters. The Kier molecular flexibility index (Phi) is 2.40. The molecule has 1 heterocycles. The van der Waals surface area contributed by atoms with Gasteiger partial charge in [0.15, 0.2) is 0 Å². The smallest absolute Gasteiger partial charge is 0.212 e. The van der Waals surface area contributed by atoms with E-state index in [9.17, 15) is 4.39 Å². The van der Waals surface area contributed by atoms with E-state index in [1.807, 2.05) is 30.3 Å². The van der Waals surface area contributed by atoms with E-state index in [0.717, 1.165) is 11.4 Å². The molecule has 1 N–H and O–H groups in total. The number of aromatic nitrogens is 1. The molecule has 3 heteroatoms. The number of para-hydroxylation sites is 1. The molecule has 0 saturated carbocycles. The fourth-order valence-electron chi connectivity index (χ4n) is 1.14. The summed E-state index contributed by atoms with van der Waals surface area (Å²) >= 11 is 0. The minimum absolute atomic E-state index is 0.469. The molecule has 14 heavy (non-hydrogen) atoms. The predicted octanol–water partition coefficient (Wildman–Crippen LogP) is 2.96. The largest absolute Gasteiger partial charge is 0.354 e. The molecule has 0 spiro atoms. The van der Waals surface area contributed by atoms with Crippen LogP contribution in [0.4, 0.5) is 15.8 Å². The van der Waals surface area contributed by atoms with Crippen LogP contribution in [-0.4, -0.2) is 4.98 Å². The van der Waals surface area contributed by atoms with Crippen molar-refractivity contribution < 1.29 is 4.39 Å². The van der Waals surface area contributed by atoms with Gasteiger partial charge in [-0.3, -0.25) is 0 Å². The van der Waals surface area contributed by atoms with E-state index in [2.05, 4.69) is 10.3 Å². The number of benzene rings is 1. The molecular formula is C11H9FN2. The zero-order chi connectivity index (χ0) is 9.80. The standard InChI is InChI=1S/C11H9FN2/c12-11-7-6-10(8-13-11)14-9-4-2-1-3-5-9/h1-8,14H. The maximum absolute atomic E-state index is 12.5. The Balaban J connectivity index is 2.16. The van der Waals surface area contributed by atoms with Crippen LogP contribution < -0.4 is 5.32 Å². The van der Waals surface area contributed by atoms with Crippen molar-refractivity contribution in [3.05, 3.63) is 54.6 Å². The first-order chi connectivity index (χ1) is 6.84. The van der Waals surface area contributed by atoms with Gasteiger partial charge in [0.2, 0.25) is 5.95 Å². The third-order valence-corrected chi connectivity index (χ3v) is 1.79. The molecule has 0 aliphatic rings. The SMILES string of the molecule is Fc1ccc(Nc2ccccc2)cn1. The number of nitrogens with zero attached hydrogens (tertiary/aromatic N) is 1. The molecule has 0 bridgehead atoms. The second-order valence-corrected chi connectivity index (χ2v) is 2.86. The van der Waals surface area contributed by atoms with Crippen molar-refractivity contribution in [1.82, 2.24) is 4.98 Å². The van der Waals surface area contributed by atoms with E-state index < -0.39 is 5.95 Å². The summed E-state index contributed by atoms with van der Waals surface area (Å²) in [5, 5.41) is 3.10. The van der Waals surface area contributed by atoms with Gasteiger partial charge in [0.05, 0.1) is 11.9 Å². The number of rotatable bonds is 2. The Morgan fingerprint density at radius 3 is 2.36 bits per heavy atom. The quantitative estimate of drug-likeness (QED) is 0.733. The molecule has 0 saturated heterocycles. The second-order valence-electron chi connectivity index (χ2n) is 2.86. The van der Waals surface area contributed by atoms with E-state index in [1.165, 1.54) is 12.3 Å². The minimum Gasteiger partial charge on any atom is -0.354 e. The highest BCUT2D eigenvalue weighted by molar-refractivity contribution is 5.57. The molecule has 0 aliphatic heterocycles. The Bertz CT molecular complexity index is 397. The summed E-state index contributed by atoms with van der Waals surface area (Å²) in [6.07, 6.45) is 1.46. The van der Waals surface area contributed by atoms with Crippen molar-refractivity contribution >= 4 is 11.4 Å². The van der Waals surface area contributed by atoms with Gasteiger partial charge in [0.25, 0.3) is 0 Å². The average Bonchev–Trinajstić information content (AvgIpc) is 2.23. The fraction of sp³-hybridized carbons (Fsp3) is 0. The third kappa shape index (κ3) is 2.07. The van der Waals surface area contributed by atoms with Gasteiger partial charge in [-0.15, -0.1) is 0 Å². The van der Waals surface area contributed by atoms with Crippen LogP contribution in [0.5, 0.6) is 0 Å². The van der Waals surface area contributed by atoms with Gasteiger partial charge < -0.3 is 5.32 Å². The summed E-state index contributed by atoms with van der Waals surface area (Å²) < 4.78 is 12.5. The number of nitrogens with one attached hydrogen (secondary N) is 1. The maximum atomic E-state index is 12.5. The predicted molar refractivity (Wildman–Crippen MR) is 53.9 cm³/mol. The number of anilines is 2. The van der Waals surface area contributed by atoms with Gasteiger partial charge in [0.1, 0.15) is 0 Å². The van der Waals surface area contributed by atoms with Gasteiger partial charge in [-0.2, -0.15) is 4.39 Å². The molecule has 1 aromatic carbocycles. The third-order valence-electron chi connectivity index (χ3n) is 1.79. The summed E-state index contributed by atoms with van der Waals surface area (Å²) in [7, 11) is 0. The lowest BCUT2D eigenvalue weighted by atomic mass is 10.3. The van der Waals surface area contributed by atoms with Crippen LogP contribution in [0.2, 0.25) is 0 Å². The molecule has 0 aliphatic carbocycles. The monoisotopic (exact) mass is 188 g/mol. The minimum atomic E-state index is -0.469. The van der Waals surface area contributed by atoms with Crippen molar-refractivity contribution in [2.45, 2.75) is 0 Å². The Labute approximate surface area is 81.4 Å². The van der Waals surface area contributed by atoms with Crippen LogP contribution in [0.15, 0.2) is 48.7 Å². The molecular weight excluding hydrogens is 179 g/mol. The van der Waals surface area contributed by atoms with E-state index in [1.54, 1.807) is 6.07 Å². The Morgan fingerprint density at radius 2 is 1.71 bits per heavy atom. The zero-order valence-electron chi connectivity index (χ0n) is 7.44. The second kappa shape index (κ2) is 3.87. The molecule has 2 aromatic rings. The van der Waals surface area contributed by atoms with Crippen LogP contribution in [0.25, 0.3) is 0 Å². The van der Waals surface area contributed by atoms with Crippen molar-refractivity contribution in [3.8, 4) is 0 Å². The normalized spacial score (nSPS) is 9.79. The lowest BCUT2D eigenvalue weighted by molar-refractivity contribution is 0.584. The van der Waals surface area contributed by atoms with Gasteiger partial charge in [-0.25, -0.2) is 4.98 Å². The highest BCUT2D eigenvalue weighted by Crippen LogP contribution is 2.14. The first-order valence-corrected chi connectivity index (χ1v) is 4.28. The van der Waals surface area contributed by atoms with Crippen molar-refractivity contribution in [1.29, 1.82) is 0 Å². The molecule has 1 aromatic heterocycles. The van der Waals surface area contributed by atoms with Crippen LogP contribution >= 0.6 is 0 Å². The highest BCUT2D eigenvalue weighted by atomic mass is 19.1. The van der Waals surface area contributed by atoms with Crippen molar-refractivity contribution in [2.75, 3.05) is 5.32 Å². The molecule has 0 amide bonds. The lowest BCUT2D eigenvalue weighted by Crippen LogP contribution is -1.91. The highest BCUT2D eigenvalue weighted by Gasteiger charge is 1.94. The molecule has 0 fully saturated rings. The number of hydrogen-bond acceptors (Lipinski definition) is 2. The van der Waals surface area contributed by atoms with Gasteiger partial charge in [0, 0.05) is 5.69 Å². The van der Waals surface area contributed by atoms with Crippen LogP contribution in [0.3, 0.4) is 0 Å². The Hall–Kier alpha value is -1.90. The first kappa shape index (κ1) is 8.69. The lowest BCUT2D eigenvalue weighted by Gasteiger charge is -2.04. The summed E-state index contributed by atoms with van der Waals surface area (Å²) in [5.41, 5.74) is 1.73. The average molecular weight is 188 g/mol. The topological polar surface area (TPSA) is 24.9 Å². The van der Waals surface area contributed by atoms with Crippen LogP contribution in [0.1, 0.15) is 0 Å². The van der Waals surface area contributed by atoms with E-state index >= 15 is 0 Å². The molecule has 2 rings (SSSR count). The van der Waals surface area contributed by atoms with Crippen LogP contribution in [-0.2, 0) is 0 Å².